The number of anilines is 1. The molecule has 1 aromatic carbocycles. The molecule has 1 N–H and O–H groups in total. The number of carbonyl (C=O) groups excluding carboxylic acids is 1. The van der Waals surface area contributed by atoms with Gasteiger partial charge in [-0.1, -0.05) is 12.1 Å². The van der Waals surface area contributed by atoms with E-state index in [4.69, 9.17) is 9.47 Å². The van der Waals surface area contributed by atoms with Gasteiger partial charge in [-0.2, -0.15) is 0 Å². The number of amides is 1. The number of likely N-dealkylation sites (tertiary alicyclic amines) is 1. The predicted molar refractivity (Wildman–Crippen MR) is 98.9 cm³/mol. The first-order valence-electron chi connectivity index (χ1n) is 8.69. The minimum atomic E-state index is -3.29. The van der Waals surface area contributed by atoms with Gasteiger partial charge in [-0.3, -0.25) is 9.52 Å². The molecule has 2 heterocycles. The molecule has 2 fully saturated rings. The summed E-state index contributed by atoms with van der Waals surface area (Å²) in [5.41, 5.74) is 1.33. The second-order valence-corrected chi connectivity index (χ2v) is 8.35. The zero-order valence-electron chi connectivity index (χ0n) is 14.8. The molecule has 3 rings (SSSR count). The Bertz CT molecular complexity index is 746. The Balaban J connectivity index is 1.50. The van der Waals surface area contributed by atoms with Gasteiger partial charge in [0.25, 0.3) is 0 Å². The molecule has 0 atom stereocenters. The van der Waals surface area contributed by atoms with Crippen LogP contribution in [-0.4, -0.2) is 58.1 Å². The summed E-state index contributed by atoms with van der Waals surface area (Å²) in [6.07, 6.45) is 6.06. The van der Waals surface area contributed by atoms with Gasteiger partial charge in [0.1, 0.15) is 0 Å². The zero-order chi connectivity index (χ0) is 18.6. The predicted octanol–water partition coefficient (Wildman–Crippen LogP) is 1.68. The second-order valence-electron chi connectivity index (χ2n) is 6.60. The van der Waals surface area contributed by atoms with E-state index in [1.54, 1.807) is 36.4 Å². The maximum absolute atomic E-state index is 12.3. The van der Waals surface area contributed by atoms with Crippen molar-refractivity contribution in [2.75, 3.05) is 37.3 Å². The molecule has 8 heteroatoms. The van der Waals surface area contributed by atoms with Crippen LogP contribution in [0.4, 0.5) is 5.69 Å². The zero-order valence-corrected chi connectivity index (χ0v) is 15.6. The summed E-state index contributed by atoms with van der Waals surface area (Å²) in [7, 11) is -3.29. The van der Waals surface area contributed by atoms with Crippen molar-refractivity contribution in [3.05, 3.63) is 35.9 Å². The minimum absolute atomic E-state index is 0.0185. The Labute approximate surface area is 154 Å². The van der Waals surface area contributed by atoms with Gasteiger partial charge in [-0.25, -0.2) is 8.42 Å². The summed E-state index contributed by atoms with van der Waals surface area (Å²) in [4.78, 5) is 14.2. The van der Waals surface area contributed by atoms with Crippen LogP contribution in [0.2, 0.25) is 0 Å². The molecule has 0 aliphatic carbocycles. The third-order valence-corrected chi connectivity index (χ3v) is 5.12. The number of sulfonamides is 1. The van der Waals surface area contributed by atoms with Crippen molar-refractivity contribution in [1.82, 2.24) is 4.90 Å². The van der Waals surface area contributed by atoms with E-state index in [-0.39, 0.29) is 12.2 Å². The van der Waals surface area contributed by atoms with E-state index in [0.29, 0.717) is 37.9 Å². The molecule has 142 valence electrons. The average molecular weight is 380 g/mol. The number of nitrogens with one attached hydrogen (secondary N) is 1. The Morgan fingerprint density at radius 1 is 1.15 bits per heavy atom. The van der Waals surface area contributed by atoms with Crippen LogP contribution in [0.5, 0.6) is 0 Å². The van der Waals surface area contributed by atoms with Crippen molar-refractivity contribution in [2.45, 2.75) is 19.1 Å². The molecule has 0 bridgehead atoms. The van der Waals surface area contributed by atoms with Crippen LogP contribution in [0.3, 0.4) is 0 Å². The average Bonchev–Trinajstić information content (AvgIpc) is 3.14. The first kappa shape index (κ1) is 18.9. The van der Waals surface area contributed by atoms with Crippen LogP contribution in [0, 0.1) is 5.92 Å². The standard InChI is InChI=1S/C18H24N2O5S/c1-26(22,23)19-16-5-2-14(3-6-16)4-7-17(21)20-10-8-15(9-11-20)18-24-12-13-25-18/h2-7,15,18-19H,8-13H2,1H3/b7-4+. The first-order valence-corrected chi connectivity index (χ1v) is 10.6. The van der Waals surface area contributed by atoms with E-state index < -0.39 is 10.0 Å². The first-order chi connectivity index (χ1) is 12.4. The molecule has 0 saturated carbocycles. The Morgan fingerprint density at radius 2 is 1.77 bits per heavy atom. The number of ether oxygens (including phenoxy) is 2. The second kappa shape index (κ2) is 8.20. The number of hydrogen-bond donors (Lipinski definition) is 1. The van der Waals surface area contributed by atoms with Crippen LogP contribution in [-0.2, 0) is 24.3 Å². The summed E-state index contributed by atoms with van der Waals surface area (Å²) in [6.45, 7) is 2.72. The number of nitrogens with zero attached hydrogens (tertiary/aromatic N) is 1. The Kier molecular flexibility index (Phi) is 5.95. The highest BCUT2D eigenvalue weighted by Crippen LogP contribution is 2.26. The van der Waals surface area contributed by atoms with Gasteiger partial charge in [0.15, 0.2) is 6.29 Å². The fraction of sp³-hybridized carbons (Fsp3) is 0.500. The molecule has 0 spiro atoms. The van der Waals surface area contributed by atoms with Crippen LogP contribution < -0.4 is 4.72 Å². The van der Waals surface area contributed by atoms with E-state index >= 15 is 0 Å². The van der Waals surface area contributed by atoms with Gasteiger partial charge in [-0.05, 0) is 36.6 Å². The van der Waals surface area contributed by atoms with Crippen LogP contribution in [0.25, 0.3) is 6.08 Å². The smallest absolute Gasteiger partial charge is 0.246 e. The van der Waals surface area contributed by atoms with Crippen molar-refractivity contribution < 1.29 is 22.7 Å². The quantitative estimate of drug-likeness (QED) is 0.786. The molecule has 0 unspecified atom stereocenters. The van der Waals surface area contributed by atoms with E-state index in [1.807, 2.05) is 4.90 Å². The molecule has 0 aromatic heterocycles. The van der Waals surface area contributed by atoms with Gasteiger partial charge < -0.3 is 14.4 Å². The van der Waals surface area contributed by atoms with Gasteiger partial charge in [-0.15, -0.1) is 0 Å². The fourth-order valence-electron chi connectivity index (χ4n) is 3.19. The normalized spacial score (nSPS) is 20.0. The highest BCUT2D eigenvalue weighted by atomic mass is 32.2. The third-order valence-electron chi connectivity index (χ3n) is 4.52. The van der Waals surface area contributed by atoms with Crippen LogP contribution >= 0.6 is 0 Å². The number of benzene rings is 1. The number of carbonyl (C=O) groups is 1. The van der Waals surface area contributed by atoms with Crippen LogP contribution in [0.15, 0.2) is 30.3 Å². The number of rotatable bonds is 5. The molecular weight excluding hydrogens is 356 g/mol. The number of hydrogen-bond acceptors (Lipinski definition) is 5. The summed E-state index contributed by atoms with van der Waals surface area (Å²) in [5, 5.41) is 0. The summed E-state index contributed by atoms with van der Waals surface area (Å²) in [6, 6.07) is 6.85. The maximum atomic E-state index is 12.3. The van der Waals surface area contributed by atoms with Crippen molar-refractivity contribution in [2.24, 2.45) is 5.92 Å². The largest absolute Gasteiger partial charge is 0.350 e. The summed E-state index contributed by atoms with van der Waals surface area (Å²) in [5.74, 6) is 0.343. The van der Waals surface area contributed by atoms with Gasteiger partial charge >= 0.3 is 0 Å². The lowest BCUT2D eigenvalue weighted by Gasteiger charge is -2.33. The van der Waals surface area contributed by atoms with Crippen molar-refractivity contribution in [3.8, 4) is 0 Å². The Morgan fingerprint density at radius 3 is 2.35 bits per heavy atom. The highest BCUT2D eigenvalue weighted by molar-refractivity contribution is 7.92. The SMILES string of the molecule is CS(=O)(=O)Nc1ccc(/C=C/C(=O)N2CCC(C3OCCO3)CC2)cc1. The molecule has 26 heavy (non-hydrogen) atoms. The molecule has 2 aliphatic heterocycles. The Hall–Kier alpha value is -1.90. The van der Waals surface area contributed by atoms with E-state index in [9.17, 15) is 13.2 Å². The third kappa shape index (κ3) is 5.30. The topological polar surface area (TPSA) is 84.9 Å². The lowest BCUT2D eigenvalue weighted by Crippen LogP contribution is -2.40. The molecule has 1 aromatic rings. The van der Waals surface area contributed by atoms with Crippen molar-refractivity contribution >= 4 is 27.7 Å². The van der Waals surface area contributed by atoms with Crippen molar-refractivity contribution in [1.29, 1.82) is 0 Å². The highest BCUT2D eigenvalue weighted by Gasteiger charge is 2.31. The molecule has 2 saturated heterocycles. The maximum Gasteiger partial charge on any atom is 0.246 e. The molecule has 7 nitrogen and oxygen atoms in total. The van der Waals surface area contributed by atoms with E-state index in [2.05, 4.69) is 4.72 Å². The van der Waals surface area contributed by atoms with E-state index in [1.165, 1.54) is 0 Å². The molecule has 0 radical (unpaired) electrons. The van der Waals surface area contributed by atoms with Crippen LogP contribution in [0.1, 0.15) is 18.4 Å². The van der Waals surface area contributed by atoms with Gasteiger partial charge in [0, 0.05) is 30.8 Å². The fourth-order valence-corrected chi connectivity index (χ4v) is 3.75. The minimum Gasteiger partial charge on any atom is -0.350 e. The summed E-state index contributed by atoms with van der Waals surface area (Å²) < 4.78 is 35.9. The summed E-state index contributed by atoms with van der Waals surface area (Å²) >= 11 is 0. The monoisotopic (exact) mass is 380 g/mol. The van der Waals surface area contributed by atoms with Gasteiger partial charge in [0.2, 0.25) is 15.9 Å². The van der Waals surface area contributed by atoms with Crippen molar-refractivity contribution in [3.63, 3.8) is 0 Å². The molecule has 2 aliphatic rings. The lowest BCUT2D eigenvalue weighted by atomic mass is 9.96. The van der Waals surface area contributed by atoms with E-state index in [0.717, 1.165) is 24.7 Å². The molecule has 1 amide bonds. The molecular formula is C18H24N2O5S. The lowest BCUT2D eigenvalue weighted by molar-refractivity contribution is -0.131. The number of piperidine rings is 1. The van der Waals surface area contributed by atoms with Gasteiger partial charge in [0.05, 0.1) is 19.5 Å².